The Morgan fingerprint density at radius 1 is 1.05 bits per heavy atom. The molecule has 21 heavy (non-hydrogen) atoms. The summed E-state index contributed by atoms with van der Waals surface area (Å²) in [6.07, 6.45) is 0. The first-order valence-electron chi connectivity index (χ1n) is 6.45. The molecule has 4 nitrogen and oxygen atoms in total. The van der Waals surface area contributed by atoms with Crippen LogP contribution in [-0.2, 0) is 0 Å². The number of nitrogen functional groups attached to an aromatic ring is 1. The maximum absolute atomic E-state index is 6.12. The van der Waals surface area contributed by atoms with Crippen LogP contribution in [0.1, 0.15) is 0 Å². The lowest BCUT2D eigenvalue weighted by molar-refractivity contribution is 0.416. The van der Waals surface area contributed by atoms with Crippen LogP contribution in [0.5, 0.6) is 5.75 Å². The fourth-order valence-electron chi connectivity index (χ4n) is 2.32. The molecule has 1 heterocycles. The molecule has 0 bridgehead atoms. The van der Waals surface area contributed by atoms with E-state index in [1.807, 2.05) is 59.2 Å². The summed E-state index contributed by atoms with van der Waals surface area (Å²) >= 11 is 3.48. The van der Waals surface area contributed by atoms with Crippen molar-refractivity contribution >= 4 is 21.7 Å². The Bertz CT molecular complexity index is 768. The van der Waals surface area contributed by atoms with Gasteiger partial charge in [0.05, 0.1) is 7.11 Å². The predicted molar refractivity (Wildman–Crippen MR) is 87.7 cm³/mol. The normalized spacial score (nSPS) is 10.6. The Hall–Kier alpha value is -2.27. The lowest BCUT2D eigenvalue weighted by Crippen LogP contribution is -2.00. The van der Waals surface area contributed by atoms with Crippen molar-refractivity contribution in [1.82, 2.24) is 9.55 Å². The Labute approximate surface area is 131 Å². The second-order valence-corrected chi connectivity index (χ2v) is 5.20. The third kappa shape index (κ3) is 2.40. The molecule has 0 fully saturated rings. The first-order valence-corrected chi connectivity index (χ1v) is 7.24. The van der Waals surface area contributed by atoms with Gasteiger partial charge in [-0.1, -0.05) is 30.3 Å². The van der Waals surface area contributed by atoms with Gasteiger partial charge in [-0.2, -0.15) is 0 Å². The summed E-state index contributed by atoms with van der Waals surface area (Å²) in [5, 5.41) is 0. The molecule has 0 aliphatic heterocycles. The van der Waals surface area contributed by atoms with Crippen LogP contribution < -0.4 is 10.5 Å². The van der Waals surface area contributed by atoms with Crippen molar-refractivity contribution in [3.8, 4) is 22.7 Å². The Balaban J connectivity index is 2.29. The zero-order valence-electron chi connectivity index (χ0n) is 11.5. The van der Waals surface area contributed by atoms with E-state index in [2.05, 4.69) is 20.9 Å². The second-order valence-electron chi connectivity index (χ2n) is 4.49. The van der Waals surface area contributed by atoms with Crippen molar-refractivity contribution in [2.45, 2.75) is 0 Å². The maximum Gasteiger partial charge on any atom is 0.184 e. The van der Waals surface area contributed by atoms with Crippen LogP contribution in [0.15, 0.2) is 59.3 Å². The zero-order chi connectivity index (χ0) is 14.8. The van der Waals surface area contributed by atoms with E-state index in [1.54, 1.807) is 7.11 Å². The molecule has 0 saturated heterocycles. The van der Waals surface area contributed by atoms with E-state index in [1.165, 1.54) is 0 Å². The highest BCUT2D eigenvalue weighted by Crippen LogP contribution is 2.37. The van der Waals surface area contributed by atoms with E-state index >= 15 is 0 Å². The van der Waals surface area contributed by atoms with Gasteiger partial charge in [0.1, 0.15) is 11.4 Å². The molecule has 0 radical (unpaired) electrons. The number of methoxy groups -OCH3 is 1. The summed E-state index contributed by atoms with van der Waals surface area (Å²) in [6.45, 7) is 0. The molecule has 5 heteroatoms. The number of nitrogens with two attached hydrogens (primary N) is 1. The van der Waals surface area contributed by atoms with Gasteiger partial charge in [0, 0.05) is 11.3 Å². The number of benzene rings is 2. The van der Waals surface area contributed by atoms with Gasteiger partial charge in [-0.15, -0.1) is 0 Å². The minimum Gasteiger partial charge on any atom is -0.496 e. The molecule has 0 aliphatic rings. The molecule has 1 aromatic heterocycles. The highest BCUT2D eigenvalue weighted by molar-refractivity contribution is 9.10. The van der Waals surface area contributed by atoms with Gasteiger partial charge in [-0.3, -0.25) is 4.57 Å². The number of para-hydroxylation sites is 2. The molecule has 0 spiro atoms. The first kappa shape index (κ1) is 13.7. The molecule has 0 aliphatic carbocycles. The van der Waals surface area contributed by atoms with Crippen LogP contribution in [0.25, 0.3) is 16.9 Å². The van der Waals surface area contributed by atoms with Gasteiger partial charge < -0.3 is 10.5 Å². The minimum atomic E-state index is 0.454. The van der Waals surface area contributed by atoms with Crippen molar-refractivity contribution < 1.29 is 4.74 Å². The largest absolute Gasteiger partial charge is 0.496 e. The highest BCUT2D eigenvalue weighted by Gasteiger charge is 2.19. The highest BCUT2D eigenvalue weighted by atomic mass is 79.9. The molecule has 0 saturated carbocycles. The number of rotatable bonds is 3. The molecule has 2 aromatic carbocycles. The van der Waals surface area contributed by atoms with Crippen molar-refractivity contribution in [3.63, 3.8) is 0 Å². The molecular formula is C16H14BrN3O. The second kappa shape index (κ2) is 5.61. The number of imidazole rings is 1. The molecule has 0 unspecified atom stereocenters. The number of hydrogen-bond donors (Lipinski definition) is 1. The summed E-state index contributed by atoms with van der Waals surface area (Å²) in [5.41, 5.74) is 8.81. The fourth-order valence-corrected chi connectivity index (χ4v) is 2.89. The third-order valence-electron chi connectivity index (χ3n) is 3.24. The predicted octanol–water partition coefficient (Wildman–Crippen LogP) is 3.89. The van der Waals surface area contributed by atoms with Gasteiger partial charge in [0.25, 0.3) is 0 Å². The maximum atomic E-state index is 6.12. The van der Waals surface area contributed by atoms with Gasteiger partial charge in [0.15, 0.2) is 10.6 Å². The Morgan fingerprint density at radius 3 is 2.43 bits per heavy atom. The number of nitrogens with zero attached hydrogens (tertiary/aromatic N) is 2. The standard InChI is InChI=1S/C16H14BrN3O/c1-21-13-10-6-5-9-12(13)14-15(18)19-16(17)20(14)11-7-3-2-4-8-11/h2-10H,18H2,1H3. The summed E-state index contributed by atoms with van der Waals surface area (Å²) in [6, 6.07) is 17.7. The van der Waals surface area contributed by atoms with Crippen LogP contribution in [-0.4, -0.2) is 16.7 Å². The summed E-state index contributed by atoms with van der Waals surface area (Å²) in [7, 11) is 1.65. The van der Waals surface area contributed by atoms with Crippen molar-refractivity contribution in [2.75, 3.05) is 12.8 Å². The lowest BCUT2D eigenvalue weighted by Gasteiger charge is -2.13. The molecule has 0 atom stereocenters. The number of anilines is 1. The fraction of sp³-hybridized carbons (Fsp3) is 0.0625. The van der Waals surface area contributed by atoms with Crippen molar-refractivity contribution in [1.29, 1.82) is 0 Å². The SMILES string of the molecule is COc1ccccc1-c1c(N)nc(Br)n1-c1ccccc1. The number of aromatic nitrogens is 2. The van der Waals surface area contributed by atoms with Crippen molar-refractivity contribution in [2.24, 2.45) is 0 Å². The summed E-state index contributed by atoms with van der Waals surface area (Å²) < 4.78 is 8.07. The molecule has 2 N–H and O–H groups in total. The van der Waals surface area contributed by atoms with Crippen molar-refractivity contribution in [3.05, 3.63) is 59.3 Å². The Morgan fingerprint density at radius 2 is 1.71 bits per heavy atom. The van der Waals surface area contributed by atoms with Crippen LogP contribution in [0.4, 0.5) is 5.82 Å². The lowest BCUT2D eigenvalue weighted by atomic mass is 10.1. The average Bonchev–Trinajstić information content (AvgIpc) is 2.82. The summed E-state index contributed by atoms with van der Waals surface area (Å²) in [4.78, 5) is 4.34. The topological polar surface area (TPSA) is 53.1 Å². The number of ether oxygens (including phenoxy) is 1. The zero-order valence-corrected chi connectivity index (χ0v) is 13.0. The van der Waals surface area contributed by atoms with E-state index in [0.717, 1.165) is 22.7 Å². The van der Waals surface area contributed by atoms with Crippen LogP contribution in [0, 0.1) is 0 Å². The van der Waals surface area contributed by atoms with Crippen LogP contribution in [0.2, 0.25) is 0 Å². The Kier molecular flexibility index (Phi) is 3.66. The monoisotopic (exact) mass is 343 g/mol. The average molecular weight is 344 g/mol. The molecule has 106 valence electrons. The molecule has 0 amide bonds. The molecule has 3 aromatic rings. The number of hydrogen-bond acceptors (Lipinski definition) is 3. The van der Waals surface area contributed by atoms with E-state index in [0.29, 0.717) is 10.6 Å². The molecular weight excluding hydrogens is 330 g/mol. The van der Waals surface area contributed by atoms with E-state index in [-0.39, 0.29) is 0 Å². The van der Waals surface area contributed by atoms with Crippen LogP contribution in [0.3, 0.4) is 0 Å². The van der Waals surface area contributed by atoms with Gasteiger partial charge in [-0.05, 0) is 40.2 Å². The van der Waals surface area contributed by atoms with Gasteiger partial charge >= 0.3 is 0 Å². The smallest absolute Gasteiger partial charge is 0.184 e. The van der Waals surface area contributed by atoms with E-state index in [4.69, 9.17) is 10.5 Å². The van der Waals surface area contributed by atoms with E-state index < -0.39 is 0 Å². The van der Waals surface area contributed by atoms with E-state index in [9.17, 15) is 0 Å². The molecule has 3 rings (SSSR count). The van der Waals surface area contributed by atoms with Gasteiger partial charge in [-0.25, -0.2) is 4.98 Å². The first-order chi connectivity index (χ1) is 10.2. The van der Waals surface area contributed by atoms with Gasteiger partial charge in [0.2, 0.25) is 0 Å². The minimum absolute atomic E-state index is 0.454. The number of halogens is 1. The van der Waals surface area contributed by atoms with Crippen LogP contribution >= 0.6 is 15.9 Å². The quantitative estimate of drug-likeness (QED) is 0.784. The summed E-state index contributed by atoms with van der Waals surface area (Å²) in [5.74, 6) is 1.21. The third-order valence-corrected chi connectivity index (χ3v) is 3.77.